The standard InChI is InChI=1S/C19H27N3O4S.HI/c1-3-20-18(22-15-19(2,23)17-11-7-13-26-17)21-12-8-14-27(24,25)16-9-5-4-6-10-16;/h4-7,9-11,13,23H,3,8,12,14-15H2,1-2H3,(H2,20,21,22);1H. The summed E-state index contributed by atoms with van der Waals surface area (Å²) in [4.78, 5) is 4.70. The van der Waals surface area contributed by atoms with Gasteiger partial charge in [-0.1, -0.05) is 18.2 Å². The highest BCUT2D eigenvalue weighted by Crippen LogP contribution is 2.21. The Bertz CT molecular complexity index is 822. The summed E-state index contributed by atoms with van der Waals surface area (Å²) >= 11 is 0. The first-order chi connectivity index (χ1) is 12.8. The number of hydrogen-bond acceptors (Lipinski definition) is 5. The number of aliphatic hydroxyl groups is 1. The lowest BCUT2D eigenvalue weighted by Gasteiger charge is -2.19. The molecule has 0 aliphatic rings. The van der Waals surface area contributed by atoms with Crippen LogP contribution >= 0.6 is 24.0 Å². The van der Waals surface area contributed by atoms with E-state index in [2.05, 4.69) is 15.6 Å². The Hall–Kier alpha value is -1.59. The molecule has 0 aliphatic heterocycles. The summed E-state index contributed by atoms with van der Waals surface area (Å²) in [5.41, 5.74) is -1.22. The zero-order valence-corrected chi connectivity index (χ0v) is 19.2. The minimum Gasteiger partial charge on any atom is -0.466 e. The van der Waals surface area contributed by atoms with Gasteiger partial charge in [0.05, 0.1) is 23.5 Å². The highest BCUT2D eigenvalue weighted by molar-refractivity contribution is 14.0. The molecule has 1 unspecified atom stereocenters. The molecule has 0 fully saturated rings. The summed E-state index contributed by atoms with van der Waals surface area (Å²) in [6.45, 7) is 4.77. The third-order valence-electron chi connectivity index (χ3n) is 3.93. The molecule has 0 saturated heterocycles. The first-order valence-electron chi connectivity index (χ1n) is 8.91. The van der Waals surface area contributed by atoms with Crippen LogP contribution in [0.5, 0.6) is 0 Å². The van der Waals surface area contributed by atoms with Crippen molar-refractivity contribution in [1.82, 2.24) is 10.6 Å². The van der Waals surface area contributed by atoms with Crippen molar-refractivity contribution in [2.45, 2.75) is 30.8 Å². The Morgan fingerprint density at radius 1 is 1.18 bits per heavy atom. The number of guanidine groups is 1. The number of sulfone groups is 1. The molecule has 0 aliphatic carbocycles. The SMILES string of the molecule is CCNC(=NCC(C)(O)c1ccco1)NCCCS(=O)(=O)c1ccccc1.I. The fraction of sp³-hybridized carbons (Fsp3) is 0.421. The lowest BCUT2D eigenvalue weighted by Crippen LogP contribution is -2.39. The van der Waals surface area contributed by atoms with Gasteiger partial charge in [-0.25, -0.2) is 13.4 Å². The molecule has 156 valence electrons. The quantitative estimate of drug-likeness (QED) is 0.203. The van der Waals surface area contributed by atoms with Crippen LogP contribution < -0.4 is 10.6 Å². The van der Waals surface area contributed by atoms with Gasteiger partial charge in [-0.05, 0) is 44.5 Å². The van der Waals surface area contributed by atoms with Crippen LogP contribution in [0.15, 0.2) is 63.0 Å². The Balaban J connectivity index is 0.00000392. The molecule has 0 amide bonds. The number of halogens is 1. The molecule has 7 nitrogen and oxygen atoms in total. The number of hydrogen-bond donors (Lipinski definition) is 3. The largest absolute Gasteiger partial charge is 0.466 e. The van der Waals surface area contributed by atoms with E-state index in [0.29, 0.717) is 36.1 Å². The molecular weight excluding hydrogens is 493 g/mol. The molecule has 1 atom stereocenters. The van der Waals surface area contributed by atoms with Crippen molar-refractivity contribution in [1.29, 1.82) is 0 Å². The van der Waals surface area contributed by atoms with E-state index >= 15 is 0 Å². The van der Waals surface area contributed by atoms with Gasteiger partial charge in [-0.15, -0.1) is 24.0 Å². The van der Waals surface area contributed by atoms with Crippen LogP contribution in [0.25, 0.3) is 0 Å². The number of benzene rings is 1. The van der Waals surface area contributed by atoms with Crippen LogP contribution in [-0.4, -0.2) is 44.9 Å². The molecule has 0 saturated carbocycles. The number of nitrogens with zero attached hydrogens (tertiary/aromatic N) is 1. The molecular formula is C19H28IN3O4S. The smallest absolute Gasteiger partial charge is 0.191 e. The van der Waals surface area contributed by atoms with Gasteiger partial charge < -0.3 is 20.2 Å². The molecule has 2 rings (SSSR count). The highest BCUT2D eigenvalue weighted by Gasteiger charge is 2.26. The molecule has 0 radical (unpaired) electrons. The predicted molar refractivity (Wildman–Crippen MR) is 121 cm³/mol. The zero-order chi connectivity index (χ0) is 19.8. The van der Waals surface area contributed by atoms with E-state index in [0.717, 1.165) is 0 Å². The topological polar surface area (TPSA) is 104 Å². The van der Waals surface area contributed by atoms with Crippen LogP contribution in [0, 0.1) is 0 Å². The average molecular weight is 521 g/mol. The first-order valence-corrected chi connectivity index (χ1v) is 10.6. The summed E-state index contributed by atoms with van der Waals surface area (Å²) in [7, 11) is -3.29. The van der Waals surface area contributed by atoms with Crippen LogP contribution in [-0.2, 0) is 15.4 Å². The van der Waals surface area contributed by atoms with Crippen LogP contribution in [0.4, 0.5) is 0 Å². The van der Waals surface area contributed by atoms with Gasteiger partial charge >= 0.3 is 0 Å². The van der Waals surface area contributed by atoms with Gasteiger partial charge in [0.25, 0.3) is 0 Å². The summed E-state index contributed by atoms with van der Waals surface area (Å²) in [5.74, 6) is 1.01. The van der Waals surface area contributed by atoms with Crippen molar-refractivity contribution in [3.05, 3.63) is 54.5 Å². The Morgan fingerprint density at radius 2 is 1.89 bits per heavy atom. The van der Waals surface area contributed by atoms with Crippen molar-refractivity contribution in [3.8, 4) is 0 Å². The summed E-state index contributed by atoms with van der Waals surface area (Å²) < 4.78 is 29.8. The second-order valence-electron chi connectivity index (χ2n) is 6.36. The molecule has 28 heavy (non-hydrogen) atoms. The fourth-order valence-electron chi connectivity index (χ4n) is 2.45. The maximum Gasteiger partial charge on any atom is 0.191 e. The first kappa shape index (κ1) is 24.4. The maximum absolute atomic E-state index is 12.3. The summed E-state index contributed by atoms with van der Waals surface area (Å²) in [5, 5.41) is 16.6. The Kier molecular flexibility index (Phi) is 9.97. The van der Waals surface area contributed by atoms with Gasteiger partial charge in [-0.2, -0.15) is 0 Å². The van der Waals surface area contributed by atoms with E-state index in [1.807, 2.05) is 6.92 Å². The second kappa shape index (κ2) is 11.4. The fourth-order valence-corrected chi connectivity index (χ4v) is 3.78. The molecule has 1 heterocycles. The lowest BCUT2D eigenvalue weighted by atomic mass is 10.0. The third kappa shape index (κ3) is 7.44. The number of nitrogens with one attached hydrogen (secondary N) is 2. The van der Waals surface area contributed by atoms with Crippen LogP contribution in [0.3, 0.4) is 0 Å². The minimum atomic E-state index is -3.29. The van der Waals surface area contributed by atoms with E-state index in [9.17, 15) is 13.5 Å². The highest BCUT2D eigenvalue weighted by atomic mass is 127. The number of aliphatic imine (C=N–C) groups is 1. The molecule has 0 spiro atoms. The van der Waals surface area contributed by atoms with Gasteiger partial charge in [-0.3, -0.25) is 0 Å². The zero-order valence-electron chi connectivity index (χ0n) is 16.1. The van der Waals surface area contributed by atoms with Crippen molar-refractivity contribution in [2.24, 2.45) is 4.99 Å². The summed E-state index contributed by atoms with van der Waals surface area (Å²) in [6.07, 6.45) is 1.94. The average Bonchev–Trinajstić information content (AvgIpc) is 3.20. The molecule has 3 N–H and O–H groups in total. The minimum absolute atomic E-state index is 0. The van der Waals surface area contributed by atoms with Crippen molar-refractivity contribution < 1.29 is 17.9 Å². The molecule has 2 aromatic rings. The van der Waals surface area contributed by atoms with Gasteiger partial charge in [0.2, 0.25) is 0 Å². The Morgan fingerprint density at radius 3 is 2.50 bits per heavy atom. The maximum atomic E-state index is 12.3. The monoisotopic (exact) mass is 521 g/mol. The van der Waals surface area contributed by atoms with Crippen molar-refractivity contribution in [2.75, 3.05) is 25.4 Å². The predicted octanol–water partition coefficient (Wildman–Crippen LogP) is 2.52. The number of rotatable bonds is 9. The van der Waals surface area contributed by atoms with Gasteiger partial charge in [0.1, 0.15) is 11.4 Å². The normalized spacial score (nSPS) is 14.0. The van der Waals surface area contributed by atoms with E-state index in [1.165, 1.54) is 6.26 Å². The van der Waals surface area contributed by atoms with E-state index in [-0.39, 0.29) is 36.3 Å². The molecule has 0 bridgehead atoms. The molecule has 1 aromatic carbocycles. The van der Waals surface area contributed by atoms with E-state index in [1.54, 1.807) is 49.4 Å². The van der Waals surface area contributed by atoms with Crippen molar-refractivity contribution in [3.63, 3.8) is 0 Å². The number of furan rings is 1. The second-order valence-corrected chi connectivity index (χ2v) is 8.47. The third-order valence-corrected chi connectivity index (χ3v) is 5.74. The van der Waals surface area contributed by atoms with E-state index in [4.69, 9.17) is 4.42 Å². The Labute approximate surface area is 183 Å². The molecule has 1 aromatic heterocycles. The summed E-state index contributed by atoms with van der Waals surface area (Å²) in [6, 6.07) is 11.8. The van der Waals surface area contributed by atoms with Gasteiger partial charge in [0.15, 0.2) is 15.8 Å². The van der Waals surface area contributed by atoms with Crippen LogP contribution in [0.1, 0.15) is 26.0 Å². The lowest BCUT2D eigenvalue weighted by molar-refractivity contribution is 0.0437. The van der Waals surface area contributed by atoms with Crippen LogP contribution in [0.2, 0.25) is 0 Å². The van der Waals surface area contributed by atoms with E-state index < -0.39 is 15.4 Å². The molecule has 9 heteroatoms. The van der Waals surface area contributed by atoms with Crippen molar-refractivity contribution >= 4 is 39.8 Å². The van der Waals surface area contributed by atoms with Gasteiger partial charge in [0, 0.05) is 13.1 Å².